The van der Waals surface area contributed by atoms with Crippen molar-refractivity contribution in [3.8, 4) is 6.07 Å². The largest absolute Gasteiger partial charge is 0.373 e. The summed E-state index contributed by atoms with van der Waals surface area (Å²) >= 11 is 0. The maximum Gasteiger partial charge on any atom is 0.146 e. The smallest absolute Gasteiger partial charge is 0.146 e. The summed E-state index contributed by atoms with van der Waals surface area (Å²) in [6.45, 7) is 0.270. The molecule has 2 nitrogen and oxygen atoms in total. The number of halogens is 1. The number of hydrogen-bond acceptors (Lipinski definition) is 2. The Kier molecular flexibility index (Phi) is 4.11. The second kappa shape index (κ2) is 5.79. The van der Waals surface area contributed by atoms with Gasteiger partial charge in [0.1, 0.15) is 11.9 Å². The van der Waals surface area contributed by atoms with Gasteiger partial charge in [-0.1, -0.05) is 31.4 Å². The molecule has 1 aliphatic rings. The SMILES string of the molecule is N#Cc1cccc(COC2CCCCC2)c1F. The van der Waals surface area contributed by atoms with Crippen LogP contribution >= 0.6 is 0 Å². The van der Waals surface area contributed by atoms with Gasteiger partial charge in [0.05, 0.1) is 18.3 Å². The third kappa shape index (κ3) is 3.04. The van der Waals surface area contributed by atoms with Crippen LogP contribution in [0.2, 0.25) is 0 Å². The molecule has 0 unspecified atom stereocenters. The zero-order valence-electron chi connectivity index (χ0n) is 9.79. The minimum Gasteiger partial charge on any atom is -0.373 e. The molecular formula is C14H16FNO. The molecule has 90 valence electrons. The summed E-state index contributed by atoms with van der Waals surface area (Å²) in [5.74, 6) is -0.439. The van der Waals surface area contributed by atoms with Crippen LogP contribution in [-0.2, 0) is 11.3 Å². The van der Waals surface area contributed by atoms with Crippen molar-refractivity contribution in [2.24, 2.45) is 0 Å². The highest BCUT2D eigenvalue weighted by atomic mass is 19.1. The third-order valence-electron chi connectivity index (χ3n) is 3.23. The fourth-order valence-electron chi connectivity index (χ4n) is 2.22. The van der Waals surface area contributed by atoms with Crippen LogP contribution in [0.15, 0.2) is 18.2 Å². The van der Waals surface area contributed by atoms with E-state index in [-0.39, 0.29) is 18.3 Å². The van der Waals surface area contributed by atoms with Crippen molar-refractivity contribution in [3.63, 3.8) is 0 Å². The van der Waals surface area contributed by atoms with E-state index in [9.17, 15) is 4.39 Å². The van der Waals surface area contributed by atoms with E-state index >= 15 is 0 Å². The molecule has 1 aromatic rings. The molecule has 1 aliphatic carbocycles. The van der Waals surface area contributed by atoms with Crippen molar-refractivity contribution in [3.05, 3.63) is 35.1 Å². The summed E-state index contributed by atoms with van der Waals surface area (Å²) < 4.78 is 19.4. The summed E-state index contributed by atoms with van der Waals surface area (Å²) in [4.78, 5) is 0. The Bertz CT molecular complexity index is 419. The minimum absolute atomic E-state index is 0.0924. The quantitative estimate of drug-likeness (QED) is 0.799. The number of ether oxygens (including phenoxy) is 1. The first-order valence-electron chi connectivity index (χ1n) is 6.10. The second-order valence-electron chi connectivity index (χ2n) is 4.46. The Morgan fingerprint density at radius 3 is 2.76 bits per heavy atom. The van der Waals surface area contributed by atoms with Crippen LogP contribution in [0.5, 0.6) is 0 Å². The summed E-state index contributed by atoms with van der Waals surface area (Å²) in [5.41, 5.74) is 0.573. The van der Waals surface area contributed by atoms with Gasteiger partial charge in [0.15, 0.2) is 0 Å². The summed E-state index contributed by atoms with van der Waals surface area (Å²) in [5, 5.41) is 8.73. The van der Waals surface area contributed by atoms with E-state index in [1.807, 2.05) is 6.07 Å². The molecule has 2 rings (SSSR count). The van der Waals surface area contributed by atoms with Gasteiger partial charge in [0.25, 0.3) is 0 Å². The molecule has 0 saturated heterocycles. The first-order valence-corrected chi connectivity index (χ1v) is 6.10. The fraction of sp³-hybridized carbons (Fsp3) is 0.500. The molecule has 0 bridgehead atoms. The number of rotatable bonds is 3. The molecule has 1 saturated carbocycles. The zero-order chi connectivity index (χ0) is 12.1. The van der Waals surface area contributed by atoms with Crippen LogP contribution in [-0.4, -0.2) is 6.10 Å². The van der Waals surface area contributed by atoms with Gasteiger partial charge in [-0.3, -0.25) is 0 Å². The number of nitrogens with zero attached hydrogens (tertiary/aromatic N) is 1. The number of hydrogen-bond donors (Lipinski definition) is 0. The third-order valence-corrected chi connectivity index (χ3v) is 3.23. The molecule has 1 fully saturated rings. The van der Waals surface area contributed by atoms with Crippen LogP contribution in [0.4, 0.5) is 4.39 Å². The van der Waals surface area contributed by atoms with Gasteiger partial charge < -0.3 is 4.74 Å². The molecule has 3 heteroatoms. The predicted octanol–water partition coefficient (Wildman–Crippen LogP) is 3.55. The standard InChI is InChI=1S/C14H16FNO/c15-14-11(9-16)5-4-6-12(14)10-17-13-7-2-1-3-8-13/h4-6,13H,1-3,7-8,10H2. The highest BCUT2D eigenvalue weighted by molar-refractivity contribution is 5.34. The van der Waals surface area contributed by atoms with Crippen molar-refractivity contribution in [2.45, 2.75) is 44.8 Å². The summed E-state index contributed by atoms with van der Waals surface area (Å²) in [6, 6.07) is 6.70. The Labute approximate surface area is 101 Å². The van der Waals surface area contributed by atoms with E-state index in [1.165, 1.54) is 25.3 Å². The van der Waals surface area contributed by atoms with E-state index in [0.29, 0.717) is 5.56 Å². The molecule has 0 aromatic heterocycles. The Hall–Kier alpha value is -1.40. The van der Waals surface area contributed by atoms with Crippen LogP contribution in [0.1, 0.15) is 43.2 Å². The van der Waals surface area contributed by atoms with Crippen molar-refractivity contribution in [1.29, 1.82) is 5.26 Å². The van der Waals surface area contributed by atoms with Crippen LogP contribution in [0.25, 0.3) is 0 Å². The fourth-order valence-corrected chi connectivity index (χ4v) is 2.22. The molecule has 0 spiro atoms. The van der Waals surface area contributed by atoms with E-state index in [0.717, 1.165) is 12.8 Å². The van der Waals surface area contributed by atoms with Gasteiger partial charge in [-0.25, -0.2) is 4.39 Å². The lowest BCUT2D eigenvalue weighted by molar-refractivity contribution is 0.0156. The Morgan fingerprint density at radius 2 is 2.06 bits per heavy atom. The lowest BCUT2D eigenvalue weighted by Gasteiger charge is -2.22. The molecule has 0 amide bonds. The lowest BCUT2D eigenvalue weighted by Crippen LogP contribution is -2.16. The molecule has 0 N–H and O–H groups in total. The van der Waals surface area contributed by atoms with Gasteiger partial charge in [0, 0.05) is 5.56 Å². The lowest BCUT2D eigenvalue weighted by atomic mass is 9.98. The predicted molar refractivity (Wildman–Crippen MR) is 62.8 cm³/mol. The van der Waals surface area contributed by atoms with Crippen molar-refractivity contribution in [1.82, 2.24) is 0 Å². The first kappa shape index (κ1) is 12.1. The van der Waals surface area contributed by atoms with Crippen molar-refractivity contribution < 1.29 is 9.13 Å². The van der Waals surface area contributed by atoms with Crippen LogP contribution in [0, 0.1) is 17.1 Å². The molecular weight excluding hydrogens is 217 g/mol. The van der Waals surface area contributed by atoms with E-state index < -0.39 is 5.82 Å². The highest BCUT2D eigenvalue weighted by Crippen LogP contribution is 2.22. The van der Waals surface area contributed by atoms with Crippen molar-refractivity contribution in [2.75, 3.05) is 0 Å². The number of benzene rings is 1. The highest BCUT2D eigenvalue weighted by Gasteiger charge is 2.15. The zero-order valence-corrected chi connectivity index (χ0v) is 9.79. The average Bonchev–Trinajstić information content (AvgIpc) is 2.39. The van der Waals surface area contributed by atoms with Gasteiger partial charge in [-0.05, 0) is 18.9 Å². The van der Waals surface area contributed by atoms with Crippen LogP contribution in [0.3, 0.4) is 0 Å². The van der Waals surface area contributed by atoms with Gasteiger partial charge in [0.2, 0.25) is 0 Å². The monoisotopic (exact) mass is 233 g/mol. The Balaban J connectivity index is 1.96. The van der Waals surface area contributed by atoms with E-state index in [2.05, 4.69) is 0 Å². The first-order chi connectivity index (χ1) is 8.31. The van der Waals surface area contributed by atoms with E-state index in [4.69, 9.17) is 10.00 Å². The molecule has 0 aliphatic heterocycles. The molecule has 17 heavy (non-hydrogen) atoms. The Morgan fingerprint density at radius 1 is 1.29 bits per heavy atom. The molecule has 1 aromatic carbocycles. The van der Waals surface area contributed by atoms with E-state index in [1.54, 1.807) is 12.1 Å². The summed E-state index contributed by atoms with van der Waals surface area (Å²) in [7, 11) is 0. The second-order valence-corrected chi connectivity index (χ2v) is 4.46. The maximum atomic E-state index is 13.7. The van der Waals surface area contributed by atoms with Gasteiger partial charge in [-0.15, -0.1) is 0 Å². The average molecular weight is 233 g/mol. The van der Waals surface area contributed by atoms with Gasteiger partial charge in [-0.2, -0.15) is 5.26 Å². The van der Waals surface area contributed by atoms with Gasteiger partial charge >= 0.3 is 0 Å². The molecule has 0 radical (unpaired) electrons. The minimum atomic E-state index is -0.439. The molecule has 0 heterocycles. The number of nitriles is 1. The maximum absolute atomic E-state index is 13.7. The van der Waals surface area contributed by atoms with Crippen LogP contribution < -0.4 is 0 Å². The van der Waals surface area contributed by atoms with Crippen molar-refractivity contribution >= 4 is 0 Å². The summed E-state index contributed by atoms with van der Waals surface area (Å²) in [6.07, 6.45) is 6.07. The molecule has 0 atom stereocenters. The topological polar surface area (TPSA) is 33.0 Å². The normalized spacial score (nSPS) is 16.7.